The number of nitrogens with zero attached hydrogens (tertiary/aromatic N) is 2. The number of rotatable bonds is 6. The standard InChI is InChI=1S/C12H13ClF3N3O/c1-2-3-4-5-6-17-9-7-18-19(8-12(14,15)16)11(20)10(9)13/h1,7,17H,3-6,8H2. The van der Waals surface area contributed by atoms with Gasteiger partial charge in [0.25, 0.3) is 5.56 Å². The quantitative estimate of drug-likeness (QED) is 0.649. The molecule has 1 aromatic heterocycles. The Hall–Kier alpha value is -1.68. The third-order valence-electron chi connectivity index (χ3n) is 2.38. The molecule has 0 aromatic carbocycles. The maximum Gasteiger partial charge on any atom is 0.408 e. The van der Waals surface area contributed by atoms with Crippen LogP contribution in [0.15, 0.2) is 11.0 Å². The van der Waals surface area contributed by atoms with E-state index in [1.165, 1.54) is 0 Å². The van der Waals surface area contributed by atoms with Gasteiger partial charge in [-0.15, -0.1) is 12.3 Å². The highest BCUT2D eigenvalue weighted by atomic mass is 35.5. The lowest BCUT2D eigenvalue weighted by Gasteiger charge is -2.11. The lowest BCUT2D eigenvalue weighted by molar-refractivity contribution is -0.143. The molecule has 0 atom stereocenters. The number of anilines is 1. The van der Waals surface area contributed by atoms with Gasteiger partial charge >= 0.3 is 6.18 Å². The summed E-state index contributed by atoms with van der Waals surface area (Å²) in [4.78, 5) is 11.6. The zero-order chi connectivity index (χ0) is 15.2. The van der Waals surface area contributed by atoms with Gasteiger partial charge in [0.1, 0.15) is 11.6 Å². The van der Waals surface area contributed by atoms with E-state index in [0.717, 1.165) is 19.0 Å². The van der Waals surface area contributed by atoms with Crippen LogP contribution in [0.2, 0.25) is 5.02 Å². The van der Waals surface area contributed by atoms with Crippen LogP contribution in [-0.4, -0.2) is 22.5 Å². The van der Waals surface area contributed by atoms with Crippen molar-refractivity contribution in [1.29, 1.82) is 0 Å². The van der Waals surface area contributed by atoms with Gasteiger partial charge < -0.3 is 5.32 Å². The molecule has 0 fully saturated rings. The molecule has 0 aliphatic rings. The van der Waals surface area contributed by atoms with Crippen molar-refractivity contribution < 1.29 is 13.2 Å². The second-order valence-electron chi connectivity index (χ2n) is 4.04. The summed E-state index contributed by atoms with van der Waals surface area (Å²) in [5, 5.41) is 5.99. The molecule has 8 heteroatoms. The Morgan fingerprint density at radius 1 is 1.45 bits per heavy atom. The van der Waals surface area contributed by atoms with Gasteiger partial charge in [-0.2, -0.15) is 18.3 Å². The largest absolute Gasteiger partial charge is 0.408 e. The highest BCUT2D eigenvalue weighted by Crippen LogP contribution is 2.19. The Kier molecular flexibility index (Phi) is 5.89. The van der Waals surface area contributed by atoms with Crippen molar-refractivity contribution in [3.63, 3.8) is 0 Å². The smallest absolute Gasteiger partial charge is 0.382 e. The number of nitrogens with one attached hydrogen (secondary N) is 1. The van der Waals surface area contributed by atoms with Crippen molar-refractivity contribution >= 4 is 17.3 Å². The van der Waals surface area contributed by atoms with Gasteiger partial charge in [-0.3, -0.25) is 4.79 Å². The molecule has 0 aliphatic heterocycles. The van der Waals surface area contributed by atoms with E-state index in [4.69, 9.17) is 18.0 Å². The van der Waals surface area contributed by atoms with Gasteiger partial charge in [0.15, 0.2) is 0 Å². The zero-order valence-electron chi connectivity index (χ0n) is 10.5. The van der Waals surface area contributed by atoms with E-state index in [1.54, 1.807) is 0 Å². The molecule has 0 aliphatic carbocycles. The van der Waals surface area contributed by atoms with Crippen LogP contribution in [0.5, 0.6) is 0 Å². The van der Waals surface area contributed by atoms with Crippen LogP contribution >= 0.6 is 11.6 Å². The molecule has 0 amide bonds. The van der Waals surface area contributed by atoms with Gasteiger partial charge in [-0.05, 0) is 12.8 Å². The van der Waals surface area contributed by atoms with E-state index >= 15 is 0 Å². The summed E-state index contributed by atoms with van der Waals surface area (Å²) in [5.74, 6) is 2.49. The molecule has 0 bridgehead atoms. The summed E-state index contributed by atoms with van der Waals surface area (Å²) in [5.41, 5.74) is -0.756. The van der Waals surface area contributed by atoms with Gasteiger partial charge in [-0.1, -0.05) is 11.6 Å². The Morgan fingerprint density at radius 3 is 2.75 bits per heavy atom. The van der Waals surface area contributed by atoms with E-state index in [-0.39, 0.29) is 15.4 Å². The molecule has 1 heterocycles. The fourth-order valence-electron chi connectivity index (χ4n) is 1.45. The highest BCUT2D eigenvalue weighted by molar-refractivity contribution is 6.32. The third-order valence-corrected chi connectivity index (χ3v) is 2.74. The normalized spacial score (nSPS) is 11.2. The molecule has 110 valence electrons. The minimum absolute atomic E-state index is 0.218. The lowest BCUT2D eigenvalue weighted by atomic mass is 10.2. The van der Waals surface area contributed by atoms with E-state index in [2.05, 4.69) is 16.3 Å². The number of alkyl halides is 3. The average Bonchev–Trinajstić information content (AvgIpc) is 2.36. The van der Waals surface area contributed by atoms with Crippen LogP contribution in [0.1, 0.15) is 19.3 Å². The summed E-state index contributed by atoms with van der Waals surface area (Å²) < 4.78 is 36.9. The van der Waals surface area contributed by atoms with Crippen LogP contribution in [0, 0.1) is 12.3 Å². The second-order valence-corrected chi connectivity index (χ2v) is 4.42. The van der Waals surface area contributed by atoms with Crippen molar-refractivity contribution in [3.8, 4) is 12.3 Å². The first-order valence-electron chi connectivity index (χ1n) is 5.85. The predicted octanol–water partition coefficient (Wildman–Crippen LogP) is 2.67. The van der Waals surface area contributed by atoms with Gasteiger partial charge in [0.05, 0.1) is 11.9 Å². The summed E-state index contributed by atoms with van der Waals surface area (Å²) in [7, 11) is 0. The van der Waals surface area contributed by atoms with E-state index in [1.807, 2.05) is 0 Å². The first-order chi connectivity index (χ1) is 9.35. The van der Waals surface area contributed by atoms with Crippen molar-refractivity contribution in [2.75, 3.05) is 11.9 Å². The number of hydrogen-bond acceptors (Lipinski definition) is 3. The average molecular weight is 308 g/mol. The Morgan fingerprint density at radius 2 is 2.15 bits per heavy atom. The van der Waals surface area contributed by atoms with Crippen molar-refractivity contribution in [1.82, 2.24) is 9.78 Å². The Bertz CT molecular complexity index is 548. The summed E-state index contributed by atoms with van der Waals surface area (Å²) in [6, 6.07) is 0. The monoisotopic (exact) mass is 307 g/mol. The summed E-state index contributed by atoms with van der Waals surface area (Å²) in [6.07, 6.45) is 3.88. The predicted molar refractivity (Wildman–Crippen MR) is 70.7 cm³/mol. The van der Waals surface area contributed by atoms with E-state index in [0.29, 0.717) is 13.0 Å². The van der Waals surface area contributed by atoms with Gasteiger partial charge in [0.2, 0.25) is 0 Å². The molecule has 4 nitrogen and oxygen atoms in total. The van der Waals surface area contributed by atoms with Crippen LogP contribution in [0.3, 0.4) is 0 Å². The summed E-state index contributed by atoms with van der Waals surface area (Å²) in [6.45, 7) is -0.959. The maximum atomic E-state index is 12.2. The lowest BCUT2D eigenvalue weighted by Crippen LogP contribution is -2.30. The fraction of sp³-hybridized carbons (Fsp3) is 0.500. The summed E-state index contributed by atoms with van der Waals surface area (Å²) >= 11 is 5.73. The number of hydrogen-bond donors (Lipinski definition) is 1. The Labute approximate surface area is 118 Å². The minimum atomic E-state index is -4.52. The van der Waals surface area contributed by atoms with Crippen molar-refractivity contribution in [3.05, 3.63) is 21.6 Å². The van der Waals surface area contributed by atoms with Crippen LogP contribution in [0.4, 0.5) is 18.9 Å². The Balaban J connectivity index is 2.70. The first-order valence-corrected chi connectivity index (χ1v) is 6.22. The number of unbranched alkanes of at least 4 members (excludes halogenated alkanes) is 2. The molecule has 20 heavy (non-hydrogen) atoms. The van der Waals surface area contributed by atoms with Crippen molar-refractivity contribution in [2.24, 2.45) is 0 Å². The van der Waals surface area contributed by atoms with Crippen LogP contribution in [0.25, 0.3) is 0 Å². The van der Waals surface area contributed by atoms with Crippen molar-refractivity contribution in [2.45, 2.75) is 32.0 Å². The number of halogens is 4. The number of aromatic nitrogens is 2. The zero-order valence-corrected chi connectivity index (χ0v) is 11.3. The molecule has 1 N–H and O–H groups in total. The molecular weight excluding hydrogens is 295 g/mol. The SMILES string of the molecule is C#CCCCCNc1cnn(CC(F)(F)F)c(=O)c1Cl. The van der Waals surface area contributed by atoms with Crippen LogP contribution < -0.4 is 10.9 Å². The second kappa shape index (κ2) is 7.20. The first kappa shape index (κ1) is 16.4. The highest BCUT2D eigenvalue weighted by Gasteiger charge is 2.29. The number of terminal acetylenes is 1. The third kappa shape index (κ3) is 5.13. The van der Waals surface area contributed by atoms with Gasteiger partial charge in [-0.25, -0.2) is 4.68 Å². The molecule has 0 radical (unpaired) electrons. The topological polar surface area (TPSA) is 46.9 Å². The van der Waals surface area contributed by atoms with E-state index < -0.39 is 18.3 Å². The molecule has 1 aromatic rings. The molecular formula is C12H13ClF3N3O. The maximum absolute atomic E-state index is 12.2. The molecule has 0 saturated carbocycles. The fourth-order valence-corrected chi connectivity index (χ4v) is 1.66. The molecule has 1 rings (SSSR count). The molecule has 0 spiro atoms. The molecule has 0 unspecified atom stereocenters. The van der Waals surface area contributed by atoms with E-state index in [9.17, 15) is 18.0 Å². The van der Waals surface area contributed by atoms with Crippen LogP contribution in [-0.2, 0) is 6.54 Å². The minimum Gasteiger partial charge on any atom is -0.382 e. The molecule has 0 saturated heterocycles. The van der Waals surface area contributed by atoms with Gasteiger partial charge in [0, 0.05) is 13.0 Å².